The lowest BCUT2D eigenvalue weighted by Crippen LogP contribution is -2.53. The summed E-state index contributed by atoms with van der Waals surface area (Å²) in [7, 11) is -3.08. The van der Waals surface area contributed by atoms with E-state index in [4.69, 9.17) is 0 Å². The molecule has 26 heavy (non-hydrogen) atoms. The molecule has 1 aromatic carbocycles. The van der Waals surface area contributed by atoms with E-state index in [0.29, 0.717) is 18.5 Å². The van der Waals surface area contributed by atoms with Crippen LogP contribution in [0.15, 0.2) is 28.7 Å². The lowest BCUT2D eigenvalue weighted by atomic mass is 9.98. The van der Waals surface area contributed by atoms with Crippen LogP contribution in [0.2, 0.25) is 0 Å². The van der Waals surface area contributed by atoms with Crippen LogP contribution in [0.3, 0.4) is 0 Å². The van der Waals surface area contributed by atoms with E-state index in [2.05, 4.69) is 31.9 Å². The van der Waals surface area contributed by atoms with E-state index in [1.54, 1.807) is 18.2 Å². The van der Waals surface area contributed by atoms with Gasteiger partial charge in [-0.1, -0.05) is 42.3 Å². The van der Waals surface area contributed by atoms with Crippen molar-refractivity contribution in [3.05, 3.63) is 28.7 Å². The van der Waals surface area contributed by atoms with E-state index in [9.17, 15) is 18.0 Å². The molecule has 0 bridgehead atoms. The summed E-state index contributed by atoms with van der Waals surface area (Å²) >= 11 is 3.35. The fourth-order valence-corrected chi connectivity index (χ4v) is 4.84. The molecule has 7 nitrogen and oxygen atoms in total. The monoisotopic (exact) mass is 445 g/mol. The second-order valence-electron chi connectivity index (χ2n) is 6.58. The van der Waals surface area contributed by atoms with E-state index < -0.39 is 28.0 Å². The predicted molar refractivity (Wildman–Crippen MR) is 105 cm³/mol. The van der Waals surface area contributed by atoms with Crippen LogP contribution in [0.25, 0.3) is 0 Å². The van der Waals surface area contributed by atoms with Crippen molar-refractivity contribution in [3.8, 4) is 0 Å². The number of amides is 3. The van der Waals surface area contributed by atoms with Gasteiger partial charge in [-0.2, -0.15) is 0 Å². The Kier molecular flexibility index (Phi) is 7.05. The Hall–Kier alpha value is -1.61. The third-order valence-corrected chi connectivity index (χ3v) is 6.70. The van der Waals surface area contributed by atoms with Gasteiger partial charge in [-0.25, -0.2) is 13.2 Å². The van der Waals surface area contributed by atoms with Crippen molar-refractivity contribution in [1.82, 2.24) is 10.6 Å². The Labute approximate surface area is 162 Å². The number of nitrogens with one attached hydrogen (secondary N) is 3. The van der Waals surface area contributed by atoms with Gasteiger partial charge in [0.05, 0.1) is 11.5 Å². The largest absolute Gasteiger partial charge is 0.334 e. The molecule has 0 spiro atoms. The number of sulfone groups is 1. The summed E-state index contributed by atoms with van der Waals surface area (Å²) in [6.45, 7) is 3.82. The van der Waals surface area contributed by atoms with Crippen molar-refractivity contribution in [2.24, 2.45) is 5.92 Å². The number of hydrogen-bond donors (Lipinski definition) is 3. The first-order chi connectivity index (χ1) is 12.2. The van der Waals surface area contributed by atoms with Crippen molar-refractivity contribution in [1.29, 1.82) is 0 Å². The smallest absolute Gasteiger partial charge is 0.315 e. The average Bonchev–Trinajstić information content (AvgIpc) is 2.90. The summed E-state index contributed by atoms with van der Waals surface area (Å²) in [6.07, 6.45) is 1.10. The van der Waals surface area contributed by atoms with Crippen LogP contribution in [0.4, 0.5) is 10.5 Å². The van der Waals surface area contributed by atoms with Crippen molar-refractivity contribution in [2.45, 2.75) is 38.8 Å². The molecule has 0 unspecified atom stereocenters. The van der Waals surface area contributed by atoms with Crippen LogP contribution >= 0.6 is 15.9 Å². The quantitative estimate of drug-likeness (QED) is 0.624. The molecule has 9 heteroatoms. The number of urea groups is 1. The van der Waals surface area contributed by atoms with Crippen LogP contribution in [-0.2, 0) is 14.6 Å². The summed E-state index contributed by atoms with van der Waals surface area (Å²) in [5, 5.41) is 8.15. The first kappa shape index (κ1) is 20.7. The molecular formula is C17H24BrN3O4S. The molecule has 0 aliphatic carbocycles. The fraction of sp³-hybridized carbons (Fsp3) is 0.529. The molecular weight excluding hydrogens is 422 g/mol. The van der Waals surface area contributed by atoms with Crippen molar-refractivity contribution >= 4 is 43.4 Å². The lowest BCUT2D eigenvalue weighted by Gasteiger charge is -2.24. The summed E-state index contributed by atoms with van der Waals surface area (Å²) in [4.78, 5) is 24.9. The molecule has 0 aromatic heterocycles. The van der Waals surface area contributed by atoms with E-state index >= 15 is 0 Å². The topological polar surface area (TPSA) is 104 Å². The molecule has 3 atom stereocenters. The van der Waals surface area contributed by atoms with Gasteiger partial charge >= 0.3 is 6.03 Å². The zero-order chi connectivity index (χ0) is 19.3. The van der Waals surface area contributed by atoms with Gasteiger partial charge in [-0.3, -0.25) is 4.79 Å². The van der Waals surface area contributed by atoms with E-state index in [-0.39, 0.29) is 23.3 Å². The minimum atomic E-state index is -3.08. The van der Waals surface area contributed by atoms with Crippen LogP contribution in [0.1, 0.15) is 26.7 Å². The Morgan fingerprint density at radius 2 is 2.08 bits per heavy atom. The van der Waals surface area contributed by atoms with Gasteiger partial charge in [-0.15, -0.1) is 0 Å². The van der Waals surface area contributed by atoms with E-state index in [1.807, 2.05) is 19.9 Å². The molecule has 1 fully saturated rings. The average molecular weight is 446 g/mol. The third kappa shape index (κ3) is 5.98. The zero-order valence-electron chi connectivity index (χ0n) is 14.8. The molecule has 1 aliphatic heterocycles. The highest BCUT2D eigenvalue weighted by molar-refractivity contribution is 9.10. The highest BCUT2D eigenvalue weighted by Gasteiger charge is 2.31. The highest BCUT2D eigenvalue weighted by Crippen LogP contribution is 2.17. The van der Waals surface area contributed by atoms with Crippen LogP contribution < -0.4 is 16.0 Å². The SMILES string of the molecule is CC[C@@H](C)[C@H](NC(=O)N[C@H]1CCS(=O)(=O)C1)C(=O)Nc1cccc(Br)c1. The molecule has 3 amide bonds. The van der Waals surface area contributed by atoms with Crippen molar-refractivity contribution < 1.29 is 18.0 Å². The maximum Gasteiger partial charge on any atom is 0.315 e. The predicted octanol–water partition coefficient (Wildman–Crippen LogP) is 2.29. The molecule has 0 saturated carbocycles. The van der Waals surface area contributed by atoms with Crippen LogP contribution in [0, 0.1) is 5.92 Å². The summed E-state index contributed by atoms with van der Waals surface area (Å²) in [5.74, 6) is -0.374. The van der Waals surface area contributed by atoms with Gasteiger partial charge in [-0.05, 0) is 30.5 Å². The van der Waals surface area contributed by atoms with Crippen LogP contribution in [-0.4, -0.2) is 43.9 Å². The van der Waals surface area contributed by atoms with E-state index in [1.165, 1.54) is 0 Å². The third-order valence-electron chi connectivity index (χ3n) is 4.44. The Balaban J connectivity index is 2.00. The molecule has 1 aliphatic rings. The number of rotatable bonds is 6. The number of carbonyl (C=O) groups is 2. The Bertz CT molecular complexity index is 769. The maximum absolute atomic E-state index is 12.6. The van der Waals surface area contributed by atoms with Crippen LogP contribution in [0.5, 0.6) is 0 Å². The second kappa shape index (κ2) is 8.85. The van der Waals surface area contributed by atoms with Gasteiger partial charge in [0.15, 0.2) is 9.84 Å². The molecule has 1 aromatic rings. The summed E-state index contributed by atoms with van der Waals surface area (Å²) in [6, 6.07) is 5.53. The standard InChI is InChI=1S/C17H24BrN3O4S/c1-3-11(2)15(16(22)19-13-6-4-5-12(18)9-13)21-17(23)20-14-7-8-26(24,25)10-14/h4-6,9,11,14-15H,3,7-8,10H2,1-2H3,(H,19,22)(H2,20,21,23)/t11-,14+,15+/m1/s1. The minimum Gasteiger partial charge on any atom is -0.334 e. The Morgan fingerprint density at radius 3 is 2.65 bits per heavy atom. The zero-order valence-corrected chi connectivity index (χ0v) is 17.2. The maximum atomic E-state index is 12.6. The molecule has 3 N–H and O–H groups in total. The number of carbonyl (C=O) groups excluding carboxylic acids is 2. The molecule has 2 rings (SSSR count). The number of halogens is 1. The van der Waals surface area contributed by atoms with Gasteiger partial charge in [0.2, 0.25) is 5.91 Å². The summed E-state index contributed by atoms with van der Waals surface area (Å²) < 4.78 is 23.8. The minimum absolute atomic E-state index is 0.0569. The molecule has 144 valence electrons. The van der Waals surface area contributed by atoms with E-state index in [0.717, 1.165) is 4.47 Å². The second-order valence-corrected chi connectivity index (χ2v) is 9.72. The fourth-order valence-electron chi connectivity index (χ4n) is 2.77. The number of benzene rings is 1. The van der Waals surface area contributed by atoms with Gasteiger partial charge in [0.25, 0.3) is 0 Å². The lowest BCUT2D eigenvalue weighted by molar-refractivity contribution is -0.119. The first-order valence-corrected chi connectivity index (χ1v) is 11.2. The number of hydrogen-bond acceptors (Lipinski definition) is 4. The molecule has 1 saturated heterocycles. The van der Waals surface area contributed by atoms with Gasteiger partial charge < -0.3 is 16.0 Å². The molecule has 1 heterocycles. The van der Waals surface area contributed by atoms with Gasteiger partial charge in [0, 0.05) is 16.2 Å². The normalized spacial score (nSPS) is 20.8. The van der Waals surface area contributed by atoms with Crippen molar-refractivity contribution in [2.75, 3.05) is 16.8 Å². The summed E-state index contributed by atoms with van der Waals surface area (Å²) in [5.41, 5.74) is 0.627. The number of anilines is 1. The molecule has 0 radical (unpaired) electrons. The highest BCUT2D eigenvalue weighted by atomic mass is 79.9. The van der Waals surface area contributed by atoms with Gasteiger partial charge in [0.1, 0.15) is 6.04 Å². The van der Waals surface area contributed by atoms with Crippen molar-refractivity contribution in [3.63, 3.8) is 0 Å². The first-order valence-electron chi connectivity index (χ1n) is 8.54. The Morgan fingerprint density at radius 1 is 1.35 bits per heavy atom.